The highest BCUT2D eigenvalue weighted by Gasteiger charge is 2.14. The first-order chi connectivity index (χ1) is 9.92. The number of amides is 1. The van der Waals surface area contributed by atoms with Crippen LogP contribution in [0, 0.1) is 13.8 Å². The molecule has 21 heavy (non-hydrogen) atoms. The van der Waals surface area contributed by atoms with Gasteiger partial charge in [-0.15, -0.1) is 0 Å². The number of nitrogens with one attached hydrogen (secondary N) is 2. The number of halogens is 2. The van der Waals surface area contributed by atoms with Crippen molar-refractivity contribution in [2.24, 2.45) is 5.84 Å². The Bertz CT molecular complexity index is 704. The van der Waals surface area contributed by atoms with Crippen molar-refractivity contribution < 1.29 is 4.79 Å². The van der Waals surface area contributed by atoms with Crippen molar-refractivity contribution in [3.63, 3.8) is 0 Å². The maximum atomic E-state index is 12.3. The van der Waals surface area contributed by atoms with Gasteiger partial charge in [0, 0.05) is 11.3 Å². The summed E-state index contributed by atoms with van der Waals surface area (Å²) < 4.78 is 0. The van der Waals surface area contributed by atoms with E-state index in [0.717, 1.165) is 5.56 Å². The van der Waals surface area contributed by atoms with E-state index in [9.17, 15) is 4.79 Å². The van der Waals surface area contributed by atoms with Crippen LogP contribution < -0.4 is 16.6 Å². The minimum atomic E-state index is -0.341. The van der Waals surface area contributed by atoms with Gasteiger partial charge in [-0.1, -0.05) is 29.3 Å². The van der Waals surface area contributed by atoms with Crippen LogP contribution in [0.3, 0.4) is 0 Å². The molecule has 0 unspecified atom stereocenters. The molecule has 0 aliphatic heterocycles. The molecule has 0 radical (unpaired) electrons. The van der Waals surface area contributed by atoms with Crippen LogP contribution in [0.1, 0.15) is 21.6 Å². The Morgan fingerprint density at radius 1 is 1.24 bits per heavy atom. The molecule has 0 saturated carbocycles. The molecule has 0 aliphatic rings. The number of pyridine rings is 1. The molecule has 0 saturated heterocycles. The lowest BCUT2D eigenvalue weighted by Gasteiger charge is -2.12. The Morgan fingerprint density at radius 2 is 1.95 bits per heavy atom. The average molecular weight is 325 g/mol. The Hall–Kier alpha value is -1.82. The summed E-state index contributed by atoms with van der Waals surface area (Å²) in [7, 11) is 0. The summed E-state index contributed by atoms with van der Waals surface area (Å²) in [5.41, 5.74) is 4.70. The van der Waals surface area contributed by atoms with Gasteiger partial charge in [0.05, 0.1) is 15.7 Å². The molecule has 5 nitrogen and oxygen atoms in total. The fourth-order valence-electron chi connectivity index (χ4n) is 1.83. The lowest BCUT2D eigenvalue weighted by atomic mass is 10.2. The second kappa shape index (κ2) is 6.30. The van der Waals surface area contributed by atoms with Crippen molar-refractivity contribution in [2.45, 2.75) is 13.8 Å². The van der Waals surface area contributed by atoms with Gasteiger partial charge in [-0.25, -0.2) is 10.8 Å². The molecule has 0 spiro atoms. The SMILES string of the molecule is Cc1cc(C(=O)Nc2c(Cl)ccc(C)c2Cl)cc(NN)n1. The number of nitrogen functional groups attached to an aromatic ring is 1. The largest absolute Gasteiger partial charge is 0.319 e. The van der Waals surface area contributed by atoms with Gasteiger partial charge in [-0.2, -0.15) is 0 Å². The fourth-order valence-corrected chi connectivity index (χ4v) is 2.30. The van der Waals surface area contributed by atoms with E-state index in [1.54, 1.807) is 31.2 Å². The summed E-state index contributed by atoms with van der Waals surface area (Å²) in [5, 5.41) is 3.51. The quantitative estimate of drug-likeness (QED) is 0.596. The summed E-state index contributed by atoms with van der Waals surface area (Å²) in [6.07, 6.45) is 0. The number of benzene rings is 1. The highest BCUT2D eigenvalue weighted by atomic mass is 35.5. The standard InChI is InChI=1S/C14H14Cl2N4O/c1-7-3-4-10(15)13(12(7)16)19-14(21)9-5-8(2)18-11(6-9)20-17/h3-6H,17H2,1-2H3,(H,18,20)(H,19,21). The van der Waals surface area contributed by atoms with Crippen molar-refractivity contribution in [3.05, 3.63) is 51.1 Å². The van der Waals surface area contributed by atoms with E-state index in [2.05, 4.69) is 15.7 Å². The van der Waals surface area contributed by atoms with Crippen molar-refractivity contribution in [2.75, 3.05) is 10.7 Å². The molecule has 7 heteroatoms. The fraction of sp³-hybridized carbons (Fsp3) is 0.143. The number of nitrogens with two attached hydrogens (primary N) is 1. The maximum absolute atomic E-state index is 12.3. The summed E-state index contributed by atoms with van der Waals surface area (Å²) >= 11 is 12.3. The van der Waals surface area contributed by atoms with Crippen LogP contribution in [0.5, 0.6) is 0 Å². The van der Waals surface area contributed by atoms with Crippen LogP contribution in [0.2, 0.25) is 10.0 Å². The van der Waals surface area contributed by atoms with Crippen LogP contribution in [0.25, 0.3) is 0 Å². The van der Waals surface area contributed by atoms with E-state index < -0.39 is 0 Å². The van der Waals surface area contributed by atoms with Crippen LogP contribution >= 0.6 is 23.2 Å². The number of hydrogen-bond donors (Lipinski definition) is 3. The Labute approximate surface area is 132 Å². The molecule has 110 valence electrons. The average Bonchev–Trinajstić information content (AvgIpc) is 2.46. The summed E-state index contributed by atoms with van der Waals surface area (Å²) in [6.45, 7) is 3.60. The van der Waals surface area contributed by atoms with Crippen LogP contribution in [0.15, 0.2) is 24.3 Å². The van der Waals surface area contributed by atoms with E-state index in [1.807, 2.05) is 6.92 Å². The monoisotopic (exact) mass is 324 g/mol. The van der Waals surface area contributed by atoms with Crippen molar-refractivity contribution in [3.8, 4) is 0 Å². The van der Waals surface area contributed by atoms with E-state index in [0.29, 0.717) is 32.8 Å². The molecule has 4 N–H and O–H groups in total. The number of carbonyl (C=O) groups is 1. The lowest BCUT2D eigenvalue weighted by molar-refractivity contribution is 0.102. The molecule has 1 amide bonds. The summed E-state index contributed by atoms with van der Waals surface area (Å²) in [5.74, 6) is 5.38. The second-order valence-corrected chi connectivity index (χ2v) is 5.32. The number of hydrazine groups is 1. The molecule has 0 fully saturated rings. The molecule has 0 atom stereocenters. The van der Waals surface area contributed by atoms with Gasteiger partial charge in [0.1, 0.15) is 5.82 Å². The number of nitrogens with zero attached hydrogens (tertiary/aromatic N) is 1. The predicted octanol–water partition coefficient (Wildman–Crippen LogP) is 3.54. The van der Waals surface area contributed by atoms with Gasteiger partial charge in [0.15, 0.2) is 0 Å². The van der Waals surface area contributed by atoms with Gasteiger partial charge < -0.3 is 10.7 Å². The zero-order valence-electron chi connectivity index (χ0n) is 11.5. The van der Waals surface area contributed by atoms with Gasteiger partial charge in [0.2, 0.25) is 0 Å². The zero-order valence-corrected chi connectivity index (χ0v) is 13.0. The van der Waals surface area contributed by atoms with Gasteiger partial charge in [-0.3, -0.25) is 4.79 Å². The van der Waals surface area contributed by atoms with Crippen LogP contribution in [-0.4, -0.2) is 10.9 Å². The van der Waals surface area contributed by atoms with Gasteiger partial charge in [-0.05, 0) is 37.6 Å². The normalized spacial score (nSPS) is 10.3. The van der Waals surface area contributed by atoms with Crippen LogP contribution in [-0.2, 0) is 0 Å². The molecule has 2 aromatic rings. The first kappa shape index (κ1) is 15.6. The Kier molecular flexibility index (Phi) is 4.67. The minimum absolute atomic E-state index is 0.341. The van der Waals surface area contributed by atoms with E-state index >= 15 is 0 Å². The second-order valence-electron chi connectivity index (χ2n) is 4.53. The third-order valence-electron chi connectivity index (χ3n) is 2.89. The van der Waals surface area contributed by atoms with Crippen LogP contribution in [0.4, 0.5) is 11.5 Å². The van der Waals surface area contributed by atoms with E-state index in [1.165, 1.54) is 0 Å². The zero-order chi connectivity index (χ0) is 15.6. The first-order valence-corrected chi connectivity index (χ1v) is 6.89. The maximum Gasteiger partial charge on any atom is 0.255 e. The molecule has 0 aliphatic carbocycles. The lowest BCUT2D eigenvalue weighted by Crippen LogP contribution is -2.15. The van der Waals surface area contributed by atoms with Crippen molar-refractivity contribution in [1.29, 1.82) is 0 Å². The van der Waals surface area contributed by atoms with Crippen molar-refractivity contribution in [1.82, 2.24) is 4.98 Å². The minimum Gasteiger partial charge on any atom is -0.319 e. The molecular formula is C14H14Cl2N4O. The number of rotatable bonds is 3. The molecule has 0 bridgehead atoms. The number of aryl methyl sites for hydroxylation is 2. The molecule has 2 rings (SSSR count). The number of aromatic nitrogens is 1. The summed E-state index contributed by atoms with van der Waals surface area (Å²) in [4.78, 5) is 16.4. The van der Waals surface area contributed by atoms with E-state index in [4.69, 9.17) is 29.0 Å². The van der Waals surface area contributed by atoms with Gasteiger partial charge in [0.25, 0.3) is 5.91 Å². The highest BCUT2D eigenvalue weighted by molar-refractivity contribution is 6.40. The Balaban J connectivity index is 2.35. The molecule has 1 aromatic carbocycles. The third kappa shape index (κ3) is 3.44. The highest BCUT2D eigenvalue weighted by Crippen LogP contribution is 2.33. The number of hydrogen-bond acceptors (Lipinski definition) is 4. The smallest absolute Gasteiger partial charge is 0.255 e. The predicted molar refractivity (Wildman–Crippen MR) is 85.9 cm³/mol. The molecular weight excluding hydrogens is 311 g/mol. The first-order valence-electron chi connectivity index (χ1n) is 6.13. The number of anilines is 2. The Morgan fingerprint density at radius 3 is 2.62 bits per heavy atom. The van der Waals surface area contributed by atoms with E-state index in [-0.39, 0.29) is 5.91 Å². The van der Waals surface area contributed by atoms with Gasteiger partial charge >= 0.3 is 0 Å². The summed E-state index contributed by atoms with van der Waals surface area (Å²) in [6, 6.07) is 6.66. The third-order valence-corrected chi connectivity index (χ3v) is 3.69. The van der Waals surface area contributed by atoms with Crippen molar-refractivity contribution >= 4 is 40.6 Å². The number of carbonyl (C=O) groups excluding carboxylic acids is 1. The molecule has 1 aromatic heterocycles. The molecule has 1 heterocycles. The topological polar surface area (TPSA) is 80.0 Å².